The molecule has 0 bridgehead atoms. The molecular formula is C26H50PSi2+. The van der Waals surface area contributed by atoms with Gasteiger partial charge in [-0.1, -0.05) is 114 Å². The van der Waals surface area contributed by atoms with Crippen LogP contribution in [0.1, 0.15) is 79.0 Å². The van der Waals surface area contributed by atoms with Gasteiger partial charge < -0.3 is 0 Å². The van der Waals surface area contributed by atoms with Gasteiger partial charge in [0.15, 0.2) is 0 Å². The summed E-state index contributed by atoms with van der Waals surface area (Å²) in [6.45, 7) is 37.8. The van der Waals surface area contributed by atoms with Crippen molar-refractivity contribution in [1.82, 2.24) is 0 Å². The number of hydrogen-bond acceptors (Lipinski definition) is 0. The first-order valence-electron chi connectivity index (χ1n) is 11.6. The van der Waals surface area contributed by atoms with Gasteiger partial charge in [0, 0.05) is 19.0 Å². The average Bonchev–Trinajstić information content (AvgIpc) is 3.18. The molecule has 0 spiro atoms. The Bertz CT molecular complexity index is 722. The Morgan fingerprint density at radius 2 is 1.00 bits per heavy atom. The molecule has 166 valence electrons. The predicted octanol–water partition coefficient (Wildman–Crippen LogP) is 7.93. The number of rotatable bonds is 3. The van der Waals surface area contributed by atoms with E-state index in [9.17, 15) is 0 Å². The van der Waals surface area contributed by atoms with Crippen LogP contribution in [0.25, 0.3) is 0 Å². The fourth-order valence-corrected chi connectivity index (χ4v) is 30.8. The van der Waals surface area contributed by atoms with Crippen LogP contribution in [0.15, 0.2) is 12.1 Å². The van der Waals surface area contributed by atoms with Crippen LogP contribution < -0.4 is 5.30 Å². The molecule has 0 saturated carbocycles. The zero-order chi connectivity index (χ0) is 23.0. The fourth-order valence-electron chi connectivity index (χ4n) is 5.67. The predicted molar refractivity (Wildman–Crippen MR) is 145 cm³/mol. The standard InChI is InChI=1S/C26H49PSi2/c1-23(2,3)19-16-20(24(4,5)6)22(21(17-19)25(7,8)9)27-18-26(27,28(10,11)12)29(13,14)15/h16-17H,18H2,1-15H3/p+1. The van der Waals surface area contributed by atoms with Gasteiger partial charge >= 0.3 is 0 Å². The van der Waals surface area contributed by atoms with Crippen LogP contribution in [0.3, 0.4) is 0 Å². The van der Waals surface area contributed by atoms with Gasteiger partial charge in [-0.3, -0.25) is 0 Å². The molecule has 0 N–H and O–H groups in total. The van der Waals surface area contributed by atoms with E-state index in [1.807, 2.05) is 5.30 Å². The van der Waals surface area contributed by atoms with Gasteiger partial charge in [0.05, 0.1) is 32.0 Å². The topological polar surface area (TPSA) is 0 Å². The Kier molecular flexibility index (Phi) is 6.16. The SMILES string of the molecule is CC(C)(C)c1cc(C(C)(C)C)c([PH+]2CC2([Si](C)(C)C)[Si](C)(C)C)c(C(C)(C)C)c1. The van der Waals surface area contributed by atoms with Crippen molar-refractivity contribution in [2.45, 2.75) is 122 Å². The van der Waals surface area contributed by atoms with Crippen LogP contribution in [-0.2, 0) is 16.2 Å². The van der Waals surface area contributed by atoms with E-state index in [2.05, 4.69) is 114 Å². The van der Waals surface area contributed by atoms with Gasteiger partial charge in [0.1, 0.15) is 0 Å². The van der Waals surface area contributed by atoms with E-state index in [-0.39, 0.29) is 16.2 Å². The van der Waals surface area contributed by atoms with E-state index in [4.69, 9.17) is 0 Å². The quantitative estimate of drug-likeness (QED) is 0.324. The normalized spacial score (nSPS) is 20.7. The number of benzene rings is 1. The fraction of sp³-hybridized carbons (Fsp3) is 0.769. The third-order valence-corrected chi connectivity index (χ3v) is 27.1. The lowest BCUT2D eigenvalue weighted by Crippen LogP contribution is -2.57. The van der Waals surface area contributed by atoms with Gasteiger partial charge in [-0.05, 0) is 21.8 Å². The lowest BCUT2D eigenvalue weighted by molar-refractivity contribution is 0.553. The molecule has 0 aromatic heterocycles. The van der Waals surface area contributed by atoms with Gasteiger partial charge in [0.2, 0.25) is 0 Å². The highest BCUT2D eigenvalue weighted by Gasteiger charge is 2.77. The van der Waals surface area contributed by atoms with Crippen molar-refractivity contribution in [2.75, 3.05) is 6.16 Å². The maximum Gasteiger partial charge on any atom is 0.0990 e. The second-order valence-electron chi connectivity index (χ2n) is 14.8. The second-order valence-corrected chi connectivity index (χ2v) is 29.6. The highest BCUT2D eigenvalue weighted by Crippen LogP contribution is 2.75. The highest BCUT2D eigenvalue weighted by atomic mass is 31.1. The first-order chi connectivity index (χ1) is 12.5. The van der Waals surface area contributed by atoms with E-state index in [0.29, 0.717) is 4.40 Å². The summed E-state index contributed by atoms with van der Waals surface area (Å²) in [6.07, 6.45) is 1.53. The molecule has 2 rings (SSSR count). The highest BCUT2D eigenvalue weighted by molar-refractivity contribution is 7.82. The van der Waals surface area contributed by atoms with E-state index in [1.54, 1.807) is 11.1 Å². The Morgan fingerprint density at radius 1 is 0.655 bits per heavy atom. The Morgan fingerprint density at radius 3 is 1.21 bits per heavy atom. The van der Waals surface area contributed by atoms with Crippen molar-refractivity contribution in [3.8, 4) is 0 Å². The van der Waals surface area contributed by atoms with Crippen LogP contribution in [0.5, 0.6) is 0 Å². The molecule has 1 heterocycles. The smallest absolute Gasteiger partial charge is 0.0660 e. The summed E-state index contributed by atoms with van der Waals surface area (Å²) in [4.78, 5) is 0. The maximum atomic E-state index is 2.67. The first kappa shape index (κ1) is 25.3. The number of hydrogen-bond donors (Lipinski definition) is 0. The molecule has 0 radical (unpaired) electrons. The van der Waals surface area contributed by atoms with Crippen molar-refractivity contribution in [3.05, 3.63) is 28.8 Å². The van der Waals surface area contributed by atoms with Crippen LogP contribution >= 0.6 is 7.92 Å². The zero-order valence-corrected chi connectivity index (χ0v) is 25.4. The molecule has 1 aliphatic heterocycles. The molecule has 1 saturated heterocycles. The van der Waals surface area contributed by atoms with Crippen molar-refractivity contribution in [1.29, 1.82) is 0 Å². The Labute approximate surface area is 186 Å². The molecule has 0 aliphatic carbocycles. The van der Waals surface area contributed by atoms with Gasteiger partial charge in [-0.15, -0.1) is 0 Å². The van der Waals surface area contributed by atoms with E-state index >= 15 is 0 Å². The molecule has 0 amide bonds. The monoisotopic (exact) mass is 449 g/mol. The molecule has 1 fully saturated rings. The van der Waals surface area contributed by atoms with Crippen molar-refractivity contribution < 1.29 is 0 Å². The second kappa shape index (κ2) is 7.04. The Hall–Kier alpha value is 0.0838. The minimum absolute atomic E-state index is 0.189. The van der Waals surface area contributed by atoms with Crippen molar-refractivity contribution >= 4 is 29.4 Å². The summed E-state index contributed by atoms with van der Waals surface area (Å²) >= 11 is 0. The largest absolute Gasteiger partial charge is 0.0990 e. The van der Waals surface area contributed by atoms with Crippen LogP contribution in [-0.4, -0.2) is 26.7 Å². The third-order valence-electron chi connectivity index (χ3n) is 7.31. The molecule has 0 nitrogen and oxygen atoms in total. The molecule has 3 heteroatoms. The summed E-state index contributed by atoms with van der Waals surface area (Å²) in [5.41, 5.74) is 5.44. The molecular weight excluding hydrogens is 399 g/mol. The van der Waals surface area contributed by atoms with Crippen molar-refractivity contribution in [2.24, 2.45) is 0 Å². The van der Waals surface area contributed by atoms with Gasteiger partial charge in [0.25, 0.3) is 0 Å². The van der Waals surface area contributed by atoms with E-state index in [1.165, 1.54) is 11.7 Å². The average molecular weight is 450 g/mol. The lowest BCUT2D eigenvalue weighted by atomic mass is 9.75. The van der Waals surface area contributed by atoms with E-state index < -0.39 is 24.1 Å². The lowest BCUT2D eigenvalue weighted by Gasteiger charge is -2.37. The molecule has 1 unspecified atom stereocenters. The summed E-state index contributed by atoms with van der Waals surface area (Å²) in [7, 11) is -3.06. The molecule has 1 atom stereocenters. The summed E-state index contributed by atoms with van der Waals surface area (Å²) in [5, 5.41) is 1.84. The minimum atomic E-state index is -1.26. The summed E-state index contributed by atoms with van der Waals surface area (Å²) in [6, 6.07) is 5.22. The van der Waals surface area contributed by atoms with Gasteiger partial charge in [-0.25, -0.2) is 0 Å². The summed E-state index contributed by atoms with van der Waals surface area (Å²) in [5.74, 6) is 0. The van der Waals surface area contributed by atoms with Crippen LogP contribution in [0, 0.1) is 0 Å². The van der Waals surface area contributed by atoms with Crippen molar-refractivity contribution in [3.63, 3.8) is 0 Å². The third kappa shape index (κ3) is 4.51. The van der Waals surface area contributed by atoms with Gasteiger partial charge in [-0.2, -0.15) is 0 Å². The Balaban J connectivity index is 2.92. The molecule has 1 aromatic rings. The molecule has 29 heavy (non-hydrogen) atoms. The minimum Gasteiger partial charge on any atom is -0.0660 e. The zero-order valence-electron chi connectivity index (χ0n) is 22.4. The molecule has 1 aromatic carbocycles. The van der Waals surface area contributed by atoms with Crippen LogP contribution in [0.4, 0.5) is 0 Å². The summed E-state index contributed by atoms with van der Waals surface area (Å²) < 4.78 is 0.716. The molecule has 1 aliphatic rings. The maximum absolute atomic E-state index is 2.67. The van der Waals surface area contributed by atoms with Crippen LogP contribution in [0.2, 0.25) is 39.3 Å². The van der Waals surface area contributed by atoms with E-state index in [0.717, 1.165) is 0 Å². The first-order valence-corrected chi connectivity index (χ1v) is 20.3.